The lowest BCUT2D eigenvalue weighted by atomic mass is 10.1. The number of aromatic nitrogens is 2. The van der Waals surface area contributed by atoms with Crippen molar-refractivity contribution in [2.45, 2.75) is 33.1 Å². The molecule has 1 aromatic carbocycles. The molecular formula is C27H29N5O5. The van der Waals surface area contributed by atoms with Crippen LogP contribution in [0.4, 0.5) is 23.0 Å². The SMILES string of the molecule is CCN1c2ncc(CCOc3ccc(NC(=O)CCC(=O)O)cc3C)cc2C(=O)N(C)c2cccnc21. The number of nitrogens with zero attached hydrogens (tertiary/aromatic N) is 4. The molecule has 0 fully saturated rings. The van der Waals surface area contributed by atoms with Crippen LogP contribution < -0.4 is 19.9 Å². The van der Waals surface area contributed by atoms with E-state index in [4.69, 9.17) is 9.84 Å². The van der Waals surface area contributed by atoms with Gasteiger partial charge in [0.05, 0.1) is 24.3 Å². The van der Waals surface area contributed by atoms with Crippen LogP contribution in [0.25, 0.3) is 0 Å². The average molecular weight is 504 g/mol. The zero-order valence-electron chi connectivity index (χ0n) is 21.0. The van der Waals surface area contributed by atoms with Gasteiger partial charge in [-0.3, -0.25) is 14.4 Å². The fraction of sp³-hybridized carbons (Fsp3) is 0.296. The highest BCUT2D eigenvalue weighted by molar-refractivity contribution is 6.12. The lowest BCUT2D eigenvalue weighted by molar-refractivity contribution is -0.138. The minimum absolute atomic E-state index is 0.0850. The molecule has 10 nitrogen and oxygen atoms in total. The quantitative estimate of drug-likeness (QED) is 0.450. The molecule has 2 amide bonds. The van der Waals surface area contributed by atoms with E-state index in [9.17, 15) is 14.4 Å². The second kappa shape index (κ2) is 11.1. The van der Waals surface area contributed by atoms with Gasteiger partial charge in [0.15, 0.2) is 5.82 Å². The van der Waals surface area contributed by atoms with Crippen LogP contribution in [0.3, 0.4) is 0 Å². The average Bonchev–Trinajstić information content (AvgIpc) is 2.97. The standard InChI is InChI=1S/C27H29N5O5/c1-4-32-25-20(27(36)31(3)21-6-5-12-28-26(21)32)15-18(16-29-25)11-13-37-22-8-7-19(14-17(22)2)30-23(33)9-10-24(34)35/h5-8,12,14-16H,4,9-11,13H2,1-3H3,(H,30,33)(H,34,35). The van der Waals surface area contributed by atoms with Crippen molar-refractivity contribution in [3.8, 4) is 5.75 Å². The van der Waals surface area contributed by atoms with Gasteiger partial charge in [0, 0.05) is 44.5 Å². The van der Waals surface area contributed by atoms with E-state index in [2.05, 4.69) is 15.3 Å². The zero-order chi connectivity index (χ0) is 26.5. The summed E-state index contributed by atoms with van der Waals surface area (Å²) < 4.78 is 5.96. The largest absolute Gasteiger partial charge is 0.493 e. The Bertz CT molecular complexity index is 1340. The number of hydrogen-bond acceptors (Lipinski definition) is 7. The van der Waals surface area contributed by atoms with Crippen molar-refractivity contribution in [3.05, 3.63) is 65.5 Å². The number of carbonyl (C=O) groups is 3. The molecule has 0 radical (unpaired) electrons. The number of rotatable bonds is 9. The molecule has 0 spiro atoms. The number of aryl methyl sites for hydroxylation is 1. The summed E-state index contributed by atoms with van der Waals surface area (Å²) in [6, 6.07) is 10.8. The first-order valence-corrected chi connectivity index (χ1v) is 12.0. The van der Waals surface area contributed by atoms with Gasteiger partial charge >= 0.3 is 5.97 Å². The summed E-state index contributed by atoms with van der Waals surface area (Å²) in [6.45, 7) is 4.85. The maximum Gasteiger partial charge on any atom is 0.303 e. The Labute approximate surface area is 214 Å². The van der Waals surface area contributed by atoms with Gasteiger partial charge in [0.2, 0.25) is 5.91 Å². The Kier molecular flexibility index (Phi) is 7.66. The molecule has 0 atom stereocenters. The van der Waals surface area contributed by atoms with E-state index in [1.807, 2.05) is 36.9 Å². The van der Waals surface area contributed by atoms with Gasteiger partial charge < -0.3 is 25.0 Å². The lowest BCUT2D eigenvalue weighted by Gasteiger charge is -2.22. The third-order valence-electron chi connectivity index (χ3n) is 6.09. The van der Waals surface area contributed by atoms with Gasteiger partial charge in [-0.2, -0.15) is 0 Å². The minimum Gasteiger partial charge on any atom is -0.493 e. The maximum absolute atomic E-state index is 13.3. The van der Waals surface area contributed by atoms with Crippen LogP contribution in [0.2, 0.25) is 0 Å². The number of benzene rings is 1. The van der Waals surface area contributed by atoms with Crippen molar-refractivity contribution in [1.82, 2.24) is 9.97 Å². The van der Waals surface area contributed by atoms with E-state index >= 15 is 0 Å². The van der Waals surface area contributed by atoms with Crippen LogP contribution in [0.15, 0.2) is 48.8 Å². The van der Waals surface area contributed by atoms with Gasteiger partial charge in [-0.05, 0) is 61.4 Å². The van der Waals surface area contributed by atoms with Crippen molar-refractivity contribution < 1.29 is 24.2 Å². The molecule has 0 aliphatic carbocycles. The van der Waals surface area contributed by atoms with Crippen LogP contribution in [0, 0.1) is 6.92 Å². The molecule has 2 N–H and O–H groups in total. The van der Waals surface area contributed by atoms with Gasteiger partial charge in [-0.25, -0.2) is 9.97 Å². The van der Waals surface area contributed by atoms with Gasteiger partial charge in [0.1, 0.15) is 11.6 Å². The topological polar surface area (TPSA) is 125 Å². The van der Waals surface area contributed by atoms with Crippen LogP contribution in [-0.4, -0.2) is 53.1 Å². The minimum atomic E-state index is -1.01. The highest BCUT2D eigenvalue weighted by atomic mass is 16.5. The first-order valence-electron chi connectivity index (χ1n) is 12.0. The molecule has 1 aliphatic heterocycles. The smallest absolute Gasteiger partial charge is 0.303 e. The third kappa shape index (κ3) is 5.69. The molecular weight excluding hydrogens is 474 g/mol. The summed E-state index contributed by atoms with van der Waals surface area (Å²) in [5, 5.41) is 11.4. The Hall–Kier alpha value is -4.47. The van der Waals surface area contributed by atoms with Crippen molar-refractivity contribution in [3.63, 3.8) is 0 Å². The van der Waals surface area contributed by atoms with E-state index in [-0.39, 0.29) is 24.7 Å². The van der Waals surface area contributed by atoms with E-state index < -0.39 is 5.97 Å². The second-order valence-corrected chi connectivity index (χ2v) is 8.69. The molecule has 2 aromatic heterocycles. The Morgan fingerprint density at radius 2 is 1.92 bits per heavy atom. The molecule has 3 aromatic rings. The summed E-state index contributed by atoms with van der Waals surface area (Å²) >= 11 is 0. The monoisotopic (exact) mass is 503 g/mol. The van der Waals surface area contributed by atoms with Crippen LogP contribution in [0.1, 0.15) is 41.3 Å². The molecule has 0 unspecified atom stereocenters. The number of anilines is 4. The first-order chi connectivity index (χ1) is 17.8. The van der Waals surface area contributed by atoms with Gasteiger partial charge in [-0.15, -0.1) is 0 Å². The zero-order valence-corrected chi connectivity index (χ0v) is 21.0. The molecule has 10 heteroatoms. The van der Waals surface area contributed by atoms with Crippen LogP contribution >= 0.6 is 0 Å². The van der Waals surface area contributed by atoms with Crippen molar-refractivity contribution in [1.29, 1.82) is 0 Å². The molecule has 192 valence electrons. The number of ether oxygens (including phenoxy) is 1. The first kappa shape index (κ1) is 25.6. The predicted molar refractivity (Wildman–Crippen MR) is 140 cm³/mol. The summed E-state index contributed by atoms with van der Waals surface area (Å²) in [7, 11) is 1.74. The van der Waals surface area contributed by atoms with E-state index in [0.29, 0.717) is 48.2 Å². The van der Waals surface area contributed by atoms with E-state index in [0.717, 1.165) is 16.8 Å². The molecule has 1 aliphatic rings. The Morgan fingerprint density at radius 1 is 1.11 bits per heavy atom. The fourth-order valence-corrected chi connectivity index (χ4v) is 4.17. The summed E-state index contributed by atoms with van der Waals surface area (Å²) in [4.78, 5) is 48.4. The number of carboxylic acids is 1. The van der Waals surface area contributed by atoms with Crippen molar-refractivity contribution in [2.24, 2.45) is 0 Å². The molecule has 0 bridgehead atoms. The number of hydrogen-bond donors (Lipinski definition) is 2. The van der Waals surface area contributed by atoms with Crippen LogP contribution in [0.5, 0.6) is 5.75 Å². The van der Waals surface area contributed by atoms with Crippen molar-refractivity contribution in [2.75, 3.05) is 35.3 Å². The molecule has 37 heavy (non-hydrogen) atoms. The highest BCUT2D eigenvalue weighted by Crippen LogP contribution is 2.37. The number of amides is 2. The summed E-state index contributed by atoms with van der Waals surface area (Å²) in [6.07, 6.45) is 3.71. The van der Waals surface area contributed by atoms with E-state index in [1.54, 1.807) is 42.5 Å². The predicted octanol–water partition coefficient (Wildman–Crippen LogP) is 3.96. The second-order valence-electron chi connectivity index (χ2n) is 8.69. The number of carboxylic acid groups (broad SMARTS) is 1. The number of aliphatic carboxylic acids is 1. The number of fused-ring (bicyclic) bond motifs is 2. The molecule has 3 heterocycles. The molecule has 0 saturated heterocycles. The lowest BCUT2D eigenvalue weighted by Crippen LogP contribution is -2.25. The van der Waals surface area contributed by atoms with E-state index in [1.165, 1.54) is 0 Å². The van der Waals surface area contributed by atoms with Crippen molar-refractivity contribution >= 4 is 40.8 Å². The van der Waals surface area contributed by atoms with Crippen LogP contribution in [-0.2, 0) is 16.0 Å². The van der Waals surface area contributed by atoms with Gasteiger partial charge in [-0.1, -0.05) is 0 Å². The molecule has 0 saturated carbocycles. The van der Waals surface area contributed by atoms with Gasteiger partial charge in [0.25, 0.3) is 5.91 Å². The number of carbonyl (C=O) groups excluding carboxylic acids is 2. The fourth-order valence-electron chi connectivity index (χ4n) is 4.17. The highest BCUT2D eigenvalue weighted by Gasteiger charge is 2.30. The number of pyridine rings is 2. The maximum atomic E-state index is 13.3. The molecule has 4 rings (SSSR count). The third-order valence-corrected chi connectivity index (χ3v) is 6.09. The number of nitrogens with one attached hydrogen (secondary N) is 1. The summed E-state index contributed by atoms with van der Waals surface area (Å²) in [5.41, 5.74) is 3.52. The normalized spacial score (nSPS) is 12.5. The Morgan fingerprint density at radius 3 is 2.65 bits per heavy atom. The summed E-state index contributed by atoms with van der Waals surface area (Å²) in [5.74, 6) is 0.430. The Balaban J connectivity index is 1.43.